The van der Waals surface area contributed by atoms with E-state index >= 15 is 0 Å². The molecule has 5 heteroatoms. The standard InChI is InChI=1S/C16H22N2O3/c1-2-3-9-20-10-8-18-12-15(19)13-21-16-6-4-14(11-17)5-7-16/h2,4-7,15,18-19H,1,3,8-10,12-13H2. The molecular formula is C16H22N2O3. The molecule has 0 fully saturated rings. The van der Waals surface area contributed by atoms with Crippen molar-refractivity contribution in [2.45, 2.75) is 12.5 Å². The van der Waals surface area contributed by atoms with Crippen molar-refractivity contribution in [1.29, 1.82) is 5.26 Å². The van der Waals surface area contributed by atoms with Crippen molar-refractivity contribution >= 4 is 0 Å². The van der Waals surface area contributed by atoms with Crippen LogP contribution in [0.4, 0.5) is 0 Å². The molecule has 0 saturated carbocycles. The van der Waals surface area contributed by atoms with Gasteiger partial charge in [0.05, 0.1) is 24.8 Å². The van der Waals surface area contributed by atoms with Crippen LogP contribution >= 0.6 is 0 Å². The van der Waals surface area contributed by atoms with E-state index in [4.69, 9.17) is 14.7 Å². The SMILES string of the molecule is C=CCCOCCNCC(O)COc1ccc(C#N)cc1. The summed E-state index contributed by atoms with van der Waals surface area (Å²) in [5.41, 5.74) is 0.584. The molecule has 0 saturated heterocycles. The molecule has 0 heterocycles. The van der Waals surface area contributed by atoms with Crippen LogP contribution in [0.5, 0.6) is 5.75 Å². The number of nitriles is 1. The van der Waals surface area contributed by atoms with E-state index in [2.05, 4.69) is 11.9 Å². The third-order valence-electron chi connectivity index (χ3n) is 2.70. The summed E-state index contributed by atoms with van der Waals surface area (Å²) in [7, 11) is 0. The van der Waals surface area contributed by atoms with E-state index in [1.807, 2.05) is 12.1 Å². The van der Waals surface area contributed by atoms with Gasteiger partial charge in [0.15, 0.2) is 0 Å². The van der Waals surface area contributed by atoms with Crippen molar-refractivity contribution in [2.24, 2.45) is 0 Å². The molecular weight excluding hydrogens is 268 g/mol. The Morgan fingerprint density at radius 3 is 2.76 bits per heavy atom. The average molecular weight is 290 g/mol. The van der Waals surface area contributed by atoms with E-state index < -0.39 is 6.10 Å². The van der Waals surface area contributed by atoms with Crippen LogP contribution in [0.25, 0.3) is 0 Å². The highest BCUT2D eigenvalue weighted by atomic mass is 16.5. The Balaban J connectivity index is 2.06. The summed E-state index contributed by atoms with van der Waals surface area (Å²) in [6.45, 7) is 6.23. The maximum Gasteiger partial charge on any atom is 0.119 e. The van der Waals surface area contributed by atoms with Gasteiger partial charge in [0, 0.05) is 13.1 Å². The minimum absolute atomic E-state index is 0.205. The van der Waals surface area contributed by atoms with Crippen molar-refractivity contribution in [3.63, 3.8) is 0 Å². The second kappa shape index (κ2) is 10.9. The van der Waals surface area contributed by atoms with Crippen molar-refractivity contribution in [2.75, 3.05) is 32.9 Å². The van der Waals surface area contributed by atoms with Gasteiger partial charge in [-0.1, -0.05) is 6.08 Å². The second-order valence-electron chi connectivity index (χ2n) is 4.49. The van der Waals surface area contributed by atoms with Crippen molar-refractivity contribution in [3.8, 4) is 11.8 Å². The van der Waals surface area contributed by atoms with Crippen LogP contribution in [0.2, 0.25) is 0 Å². The van der Waals surface area contributed by atoms with Crippen LogP contribution in [0.1, 0.15) is 12.0 Å². The highest BCUT2D eigenvalue weighted by Crippen LogP contribution is 2.11. The lowest BCUT2D eigenvalue weighted by Crippen LogP contribution is -2.33. The molecule has 0 aliphatic rings. The smallest absolute Gasteiger partial charge is 0.119 e. The molecule has 1 atom stereocenters. The molecule has 1 aromatic rings. The highest BCUT2D eigenvalue weighted by Gasteiger charge is 2.04. The molecule has 5 nitrogen and oxygen atoms in total. The minimum atomic E-state index is -0.589. The number of nitrogens with zero attached hydrogens (tertiary/aromatic N) is 1. The van der Waals surface area contributed by atoms with Gasteiger partial charge in [-0.3, -0.25) is 0 Å². The molecule has 1 aromatic carbocycles. The van der Waals surface area contributed by atoms with Crippen LogP contribution in [0.15, 0.2) is 36.9 Å². The number of rotatable bonds is 11. The van der Waals surface area contributed by atoms with Gasteiger partial charge < -0.3 is 19.9 Å². The fraction of sp³-hybridized carbons (Fsp3) is 0.438. The van der Waals surface area contributed by atoms with Crippen LogP contribution in [-0.4, -0.2) is 44.1 Å². The minimum Gasteiger partial charge on any atom is -0.491 e. The van der Waals surface area contributed by atoms with Gasteiger partial charge in [-0.05, 0) is 30.7 Å². The summed E-state index contributed by atoms with van der Waals surface area (Å²) in [6.07, 6.45) is 2.08. The molecule has 114 valence electrons. The normalized spacial score (nSPS) is 11.6. The van der Waals surface area contributed by atoms with E-state index in [-0.39, 0.29) is 6.61 Å². The summed E-state index contributed by atoms with van der Waals surface area (Å²) in [5.74, 6) is 0.640. The predicted octanol–water partition coefficient (Wildman–Crippen LogP) is 1.48. The van der Waals surface area contributed by atoms with Gasteiger partial charge >= 0.3 is 0 Å². The molecule has 0 amide bonds. The molecule has 1 rings (SSSR count). The van der Waals surface area contributed by atoms with Crippen LogP contribution in [0.3, 0.4) is 0 Å². The first-order valence-corrected chi connectivity index (χ1v) is 6.96. The summed E-state index contributed by atoms with van der Waals surface area (Å²) < 4.78 is 10.8. The Hall–Kier alpha value is -1.87. The van der Waals surface area contributed by atoms with Gasteiger partial charge in [0.1, 0.15) is 18.5 Å². The number of aliphatic hydroxyl groups excluding tert-OH is 1. The van der Waals surface area contributed by atoms with Crippen molar-refractivity contribution in [3.05, 3.63) is 42.5 Å². The van der Waals surface area contributed by atoms with Gasteiger partial charge in [-0.2, -0.15) is 5.26 Å². The number of nitrogens with one attached hydrogen (secondary N) is 1. The number of aliphatic hydroxyl groups is 1. The quantitative estimate of drug-likeness (QED) is 0.477. The number of benzene rings is 1. The number of hydrogen-bond acceptors (Lipinski definition) is 5. The monoisotopic (exact) mass is 290 g/mol. The van der Waals surface area contributed by atoms with E-state index in [1.54, 1.807) is 24.3 Å². The molecule has 0 radical (unpaired) electrons. The third-order valence-corrected chi connectivity index (χ3v) is 2.70. The first-order chi connectivity index (χ1) is 10.3. The molecule has 0 aromatic heterocycles. The molecule has 0 bridgehead atoms. The molecule has 1 unspecified atom stereocenters. The predicted molar refractivity (Wildman–Crippen MR) is 81.2 cm³/mol. The lowest BCUT2D eigenvalue weighted by molar-refractivity contribution is 0.0993. The van der Waals surface area contributed by atoms with Gasteiger partial charge in [0.25, 0.3) is 0 Å². The van der Waals surface area contributed by atoms with E-state index in [0.29, 0.717) is 37.6 Å². The Morgan fingerprint density at radius 2 is 2.10 bits per heavy atom. The fourth-order valence-electron chi connectivity index (χ4n) is 1.56. The molecule has 2 N–H and O–H groups in total. The summed E-state index contributed by atoms with van der Waals surface area (Å²) in [4.78, 5) is 0. The van der Waals surface area contributed by atoms with E-state index in [9.17, 15) is 5.11 Å². The summed E-state index contributed by atoms with van der Waals surface area (Å²) in [6, 6.07) is 8.83. The largest absolute Gasteiger partial charge is 0.491 e. The lowest BCUT2D eigenvalue weighted by atomic mass is 10.2. The first kappa shape index (κ1) is 17.2. The molecule has 0 aliphatic carbocycles. The highest BCUT2D eigenvalue weighted by molar-refractivity contribution is 5.34. The fourth-order valence-corrected chi connectivity index (χ4v) is 1.56. The van der Waals surface area contributed by atoms with Crippen molar-refractivity contribution in [1.82, 2.24) is 5.32 Å². The van der Waals surface area contributed by atoms with Gasteiger partial charge in [0.2, 0.25) is 0 Å². The Morgan fingerprint density at radius 1 is 1.33 bits per heavy atom. The zero-order chi connectivity index (χ0) is 15.3. The topological polar surface area (TPSA) is 74.5 Å². The zero-order valence-corrected chi connectivity index (χ0v) is 12.1. The lowest BCUT2D eigenvalue weighted by Gasteiger charge is -2.13. The molecule has 0 aliphatic heterocycles. The third kappa shape index (κ3) is 8.10. The Labute approximate surface area is 125 Å². The molecule has 21 heavy (non-hydrogen) atoms. The average Bonchev–Trinajstić information content (AvgIpc) is 2.52. The summed E-state index contributed by atoms with van der Waals surface area (Å²) >= 11 is 0. The van der Waals surface area contributed by atoms with Crippen molar-refractivity contribution < 1.29 is 14.6 Å². The van der Waals surface area contributed by atoms with E-state index in [0.717, 1.165) is 6.42 Å². The summed E-state index contributed by atoms with van der Waals surface area (Å²) in [5, 5.41) is 21.5. The van der Waals surface area contributed by atoms with Crippen LogP contribution < -0.4 is 10.1 Å². The second-order valence-corrected chi connectivity index (χ2v) is 4.49. The maximum absolute atomic E-state index is 9.76. The molecule has 0 spiro atoms. The number of ether oxygens (including phenoxy) is 2. The van der Waals surface area contributed by atoms with Gasteiger partial charge in [-0.15, -0.1) is 6.58 Å². The van der Waals surface area contributed by atoms with Crippen LogP contribution in [-0.2, 0) is 4.74 Å². The van der Waals surface area contributed by atoms with Crippen LogP contribution in [0, 0.1) is 11.3 Å². The zero-order valence-electron chi connectivity index (χ0n) is 12.1. The Bertz CT molecular complexity index is 440. The van der Waals surface area contributed by atoms with Gasteiger partial charge in [-0.25, -0.2) is 0 Å². The first-order valence-electron chi connectivity index (χ1n) is 6.96. The Kier molecular flexibility index (Phi) is 8.89. The van der Waals surface area contributed by atoms with E-state index in [1.165, 1.54) is 0 Å². The number of hydrogen-bond donors (Lipinski definition) is 2. The maximum atomic E-state index is 9.76.